The molecule has 2 fully saturated rings. The Kier molecular flexibility index (Phi) is 5.55. The Balaban J connectivity index is 0.000000807. The van der Waals surface area contributed by atoms with Gasteiger partial charge in [-0.05, 0) is 36.5 Å². The van der Waals surface area contributed by atoms with E-state index in [1.165, 1.54) is 42.4 Å². The van der Waals surface area contributed by atoms with E-state index in [-0.39, 0.29) is 24.8 Å². The molecule has 0 spiro atoms. The number of hydrogen-bond donors (Lipinski definition) is 2. The number of fused-ring (bicyclic) bond motifs is 1. The Morgan fingerprint density at radius 1 is 1.05 bits per heavy atom. The van der Waals surface area contributed by atoms with Crippen LogP contribution in [0.2, 0.25) is 0 Å². The van der Waals surface area contributed by atoms with E-state index >= 15 is 0 Å². The fourth-order valence-electron chi connectivity index (χ4n) is 3.49. The number of H-pyrrole nitrogens is 1. The van der Waals surface area contributed by atoms with E-state index < -0.39 is 0 Å². The minimum atomic E-state index is 0. The van der Waals surface area contributed by atoms with Gasteiger partial charge in [0.25, 0.3) is 0 Å². The molecule has 116 valence electrons. The molecule has 1 aromatic heterocycles. The smallest absolute Gasteiger partial charge is 0.0457 e. The summed E-state index contributed by atoms with van der Waals surface area (Å²) in [7, 11) is 0. The van der Waals surface area contributed by atoms with Gasteiger partial charge in [-0.25, -0.2) is 0 Å². The van der Waals surface area contributed by atoms with Crippen LogP contribution in [0.4, 0.5) is 0 Å². The molecule has 2 N–H and O–H groups in total. The molecule has 1 atom stereocenters. The van der Waals surface area contributed by atoms with Gasteiger partial charge in [0.05, 0.1) is 0 Å². The van der Waals surface area contributed by atoms with Gasteiger partial charge in [-0.15, -0.1) is 24.8 Å². The molecule has 1 aromatic carbocycles. The third-order valence-electron chi connectivity index (χ3n) is 4.56. The summed E-state index contributed by atoms with van der Waals surface area (Å²) in [6.07, 6.45) is 4.86. The van der Waals surface area contributed by atoms with Crippen LogP contribution in [0.15, 0.2) is 30.5 Å². The van der Waals surface area contributed by atoms with E-state index in [2.05, 4.69) is 45.7 Å². The van der Waals surface area contributed by atoms with Gasteiger partial charge in [-0.1, -0.05) is 12.1 Å². The van der Waals surface area contributed by atoms with Gasteiger partial charge < -0.3 is 10.3 Å². The Hall–Kier alpha value is -0.740. The van der Waals surface area contributed by atoms with Crippen LogP contribution < -0.4 is 5.32 Å². The summed E-state index contributed by atoms with van der Waals surface area (Å²) in [6, 6.07) is 9.58. The first-order valence-corrected chi connectivity index (χ1v) is 7.44. The number of rotatable bonds is 3. The zero-order valence-corrected chi connectivity index (χ0v) is 13.7. The summed E-state index contributed by atoms with van der Waals surface area (Å²) >= 11 is 0. The average Bonchev–Trinajstić information content (AvgIpc) is 3.17. The zero-order chi connectivity index (χ0) is 12.7. The molecule has 5 heteroatoms. The predicted molar refractivity (Wildman–Crippen MR) is 92.7 cm³/mol. The first kappa shape index (κ1) is 16.6. The highest BCUT2D eigenvalue weighted by Crippen LogP contribution is 2.46. The van der Waals surface area contributed by atoms with Crippen molar-refractivity contribution in [3.05, 3.63) is 36.0 Å². The normalized spacial score (nSPS) is 20.6. The van der Waals surface area contributed by atoms with Gasteiger partial charge in [-0.3, -0.25) is 4.90 Å². The number of halogens is 2. The molecule has 21 heavy (non-hydrogen) atoms. The van der Waals surface area contributed by atoms with Crippen molar-refractivity contribution in [3.8, 4) is 0 Å². The van der Waals surface area contributed by atoms with Crippen molar-refractivity contribution in [2.75, 3.05) is 26.2 Å². The number of aromatic amines is 1. The molecule has 1 saturated carbocycles. The number of benzene rings is 1. The van der Waals surface area contributed by atoms with Crippen LogP contribution in [0.3, 0.4) is 0 Å². The van der Waals surface area contributed by atoms with Crippen molar-refractivity contribution < 1.29 is 0 Å². The molecular formula is C16H23Cl2N3. The minimum Gasteiger partial charge on any atom is -0.361 e. The van der Waals surface area contributed by atoms with Gasteiger partial charge in [0.2, 0.25) is 0 Å². The lowest BCUT2D eigenvalue weighted by Gasteiger charge is -2.35. The highest BCUT2D eigenvalue weighted by Gasteiger charge is 2.37. The molecule has 1 aliphatic heterocycles. The Labute approximate surface area is 138 Å². The Morgan fingerprint density at radius 3 is 2.52 bits per heavy atom. The Morgan fingerprint density at radius 2 is 1.81 bits per heavy atom. The lowest BCUT2D eigenvalue weighted by atomic mass is 9.96. The quantitative estimate of drug-likeness (QED) is 0.905. The van der Waals surface area contributed by atoms with Crippen LogP contribution in [0.25, 0.3) is 10.9 Å². The maximum Gasteiger partial charge on any atom is 0.0457 e. The summed E-state index contributed by atoms with van der Waals surface area (Å²) in [5, 5.41) is 4.88. The van der Waals surface area contributed by atoms with Crippen LogP contribution >= 0.6 is 24.8 Å². The maximum atomic E-state index is 3.46. The fraction of sp³-hybridized carbons (Fsp3) is 0.500. The highest BCUT2D eigenvalue weighted by molar-refractivity contribution is 5.85. The van der Waals surface area contributed by atoms with Gasteiger partial charge in [0.1, 0.15) is 0 Å². The zero-order valence-electron chi connectivity index (χ0n) is 12.0. The minimum absolute atomic E-state index is 0. The van der Waals surface area contributed by atoms with E-state index in [1.54, 1.807) is 0 Å². The van der Waals surface area contributed by atoms with Crippen LogP contribution in [0.5, 0.6) is 0 Å². The second kappa shape index (κ2) is 7.01. The van der Waals surface area contributed by atoms with E-state index in [4.69, 9.17) is 0 Å². The van der Waals surface area contributed by atoms with E-state index in [9.17, 15) is 0 Å². The fourth-order valence-corrected chi connectivity index (χ4v) is 3.49. The van der Waals surface area contributed by atoms with Gasteiger partial charge in [0.15, 0.2) is 0 Å². The standard InChI is InChI=1S/C16H21N3.2ClH/c1-2-14(13-6-7-18-15(13)3-1)16(12-4-5-12)19-10-8-17-9-11-19;;/h1-3,6-7,12,16-18H,4-5,8-11H2;2*1H/t16-;;/m1../s1. The molecule has 2 aromatic rings. The second-order valence-electron chi connectivity index (χ2n) is 5.85. The molecule has 1 saturated heterocycles. The van der Waals surface area contributed by atoms with Crippen molar-refractivity contribution in [2.45, 2.75) is 18.9 Å². The molecule has 0 unspecified atom stereocenters. The molecule has 0 radical (unpaired) electrons. The number of hydrogen-bond acceptors (Lipinski definition) is 2. The Bertz CT molecular complexity index is 574. The molecular weight excluding hydrogens is 305 g/mol. The lowest BCUT2D eigenvalue weighted by Crippen LogP contribution is -2.45. The lowest BCUT2D eigenvalue weighted by molar-refractivity contribution is 0.157. The first-order chi connectivity index (χ1) is 9.43. The molecule has 0 amide bonds. The monoisotopic (exact) mass is 327 g/mol. The number of nitrogens with one attached hydrogen (secondary N) is 2. The number of aromatic nitrogens is 1. The molecule has 2 heterocycles. The van der Waals surface area contributed by atoms with Crippen molar-refractivity contribution >= 4 is 35.7 Å². The van der Waals surface area contributed by atoms with Crippen molar-refractivity contribution in [3.63, 3.8) is 0 Å². The SMILES string of the molecule is Cl.Cl.c1cc([C@@H](C2CC2)N2CCNCC2)c2cc[nH]c2c1. The topological polar surface area (TPSA) is 31.1 Å². The van der Waals surface area contributed by atoms with Crippen molar-refractivity contribution in [1.82, 2.24) is 15.2 Å². The molecule has 4 rings (SSSR count). The average molecular weight is 328 g/mol. The third kappa shape index (κ3) is 3.21. The van der Waals surface area contributed by atoms with E-state index in [1.807, 2.05) is 0 Å². The van der Waals surface area contributed by atoms with Gasteiger partial charge >= 0.3 is 0 Å². The number of piperazine rings is 1. The molecule has 3 nitrogen and oxygen atoms in total. The van der Waals surface area contributed by atoms with Crippen molar-refractivity contribution in [2.24, 2.45) is 5.92 Å². The summed E-state index contributed by atoms with van der Waals surface area (Å²) < 4.78 is 0. The molecule has 0 bridgehead atoms. The van der Waals surface area contributed by atoms with E-state index in [0.29, 0.717) is 6.04 Å². The second-order valence-corrected chi connectivity index (χ2v) is 5.85. The van der Waals surface area contributed by atoms with Crippen LogP contribution in [0, 0.1) is 5.92 Å². The predicted octanol–water partition coefficient (Wildman–Crippen LogP) is 3.37. The van der Waals surface area contributed by atoms with Crippen LogP contribution in [-0.2, 0) is 0 Å². The third-order valence-corrected chi connectivity index (χ3v) is 4.56. The summed E-state index contributed by atoms with van der Waals surface area (Å²) in [5.41, 5.74) is 2.81. The van der Waals surface area contributed by atoms with E-state index in [0.717, 1.165) is 19.0 Å². The van der Waals surface area contributed by atoms with Crippen molar-refractivity contribution in [1.29, 1.82) is 0 Å². The van der Waals surface area contributed by atoms with Gasteiger partial charge in [-0.2, -0.15) is 0 Å². The van der Waals surface area contributed by atoms with Crippen LogP contribution in [-0.4, -0.2) is 36.1 Å². The summed E-state index contributed by atoms with van der Waals surface area (Å²) in [5.74, 6) is 0.874. The maximum absolute atomic E-state index is 3.46. The number of nitrogens with zero attached hydrogens (tertiary/aromatic N) is 1. The van der Waals surface area contributed by atoms with Crippen LogP contribution in [0.1, 0.15) is 24.4 Å². The summed E-state index contributed by atoms with van der Waals surface area (Å²) in [4.78, 5) is 6.04. The van der Waals surface area contributed by atoms with Gasteiger partial charge in [0, 0.05) is 49.3 Å². The highest BCUT2D eigenvalue weighted by atomic mass is 35.5. The molecule has 1 aliphatic carbocycles. The molecule has 2 aliphatic rings. The first-order valence-electron chi connectivity index (χ1n) is 7.44. The largest absolute Gasteiger partial charge is 0.361 e. The summed E-state index contributed by atoms with van der Waals surface area (Å²) in [6.45, 7) is 4.63.